The normalized spacial score (nSPS) is 54.4. The second-order valence-corrected chi connectivity index (χ2v) is 25.0. The topological polar surface area (TPSA) is 357 Å². The van der Waals surface area contributed by atoms with E-state index >= 15 is 0 Å². The Morgan fingerprint density at radius 3 is 1.86 bits per heavy atom. The van der Waals surface area contributed by atoms with E-state index in [9.17, 15) is 71.5 Å². The molecule has 0 aromatic rings. The Morgan fingerprint density at radius 2 is 1.20 bits per heavy atom. The van der Waals surface area contributed by atoms with E-state index < -0.39 is 165 Å². The molecule has 0 aromatic heterocycles. The molecular weight excluding hydrogens is 977 g/mol. The summed E-state index contributed by atoms with van der Waals surface area (Å²) in [6, 6.07) is 0. The fourth-order valence-corrected chi connectivity index (χ4v) is 15.4. The number of rotatable bonds is 12. The Kier molecular flexibility index (Phi) is 16.2. The number of aliphatic hydroxyl groups excluding tert-OH is 14. The van der Waals surface area contributed by atoms with E-state index in [1.54, 1.807) is 0 Å². The summed E-state index contributed by atoms with van der Waals surface area (Å²) in [4.78, 5) is 0. The molecule has 0 aromatic carbocycles. The van der Waals surface area contributed by atoms with Gasteiger partial charge in [0.15, 0.2) is 25.2 Å². The zero-order valence-corrected chi connectivity index (χ0v) is 43.3. The van der Waals surface area contributed by atoms with Crippen molar-refractivity contribution in [2.45, 2.75) is 216 Å². The lowest BCUT2D eigenvalue weighted by Crippen LogP contribution is -2.67. The monoisotopic (exact) mass is 1060 g/mol. The van der Waals surface area contributed by atoms with Crippen LogP contribution in [0, 0.1) is 44.3 Å². The van der Waals surface area contributed by atoms with Gasteiger partial charge in [-0.05, 0) is 85.0 Å². The van der Waals surface area contributed by atoms with Gasteiger partial charge in [0, 0.05) is 16.2 Å². The van der Waals surface area contributed by atoms with Crippen molar-refractivity contribution in [1.82, 2.24) is 0 Å². The van der Waals surface area contributed by atoms with E-state index in [4.69, 9.17) is 37.9 Å². The van der Waals surface area contributed by atoms with Crippen LogP contribution in [0.3, 0.4) is 0 Å². The summed E-state index contributed by atoms with van der Waals surface area (Å²) < 4.78 is 48.4. The van der Waals surface area contributed by atoms with E-state index in [1.165, 1.54) is 11.1 Å². The van der Waals surface area contributed by atoms with E-state index in [-0.39, 0.29) is 41.3 Å². The summed E-state index contributed by atoms with van der Waals surface area (Å²) in [7, 11) is 0. The standard InChI is InChI=1S/C52H84O22/c1-47(2)13-14-52(22-56)24(15-47)23-7-8-30-48(3)11-10-32(49(4,21-55)29(48)9-12-50(30,5)51(23,6)16-31(52)58)72-45-41(74-44-40(66)37(63)34(60)26(17-53)69-44)36(62)28(20-68-45)71-46-42(38(64)35(61)27(18-54)70-46)73-43-39(65)33(59)25(57)19-67-43/h7-8,25-46,53-66H,9-22H2,1-6H3. The maximum atomic E-state index is 12.3. The van der Waals surface area contributed by atoms with Crippen molar-refractivity contribution in [2.24, 2.45) is 44.3 Å². The molecule has 4 saturated heterocycles. The lowest BCUT2D eigenvalue weighted by molar-refractivity contribution is -0.392. The summed E-state index contributed by atoms with van der Waals surface area (Å²) in [5.41, 5.74) is -0.344. The molecule has 0 bridgehead atoms. The minimum atomic E-state index is -1.93. The molecule has 5 aliphatic carbocycles. The average Bonchev–Trinajstić information content (AvgIpc) is 3.36. The summed E-state index contributed by atoms with van der Waals surface area (Å²) in [6.45, 7) is 10.4. The fraction of sp³-hybridized carbons (Fsp3) is 0.923. The highest BCUT2D eigenvalue weighted by molar-refractivity contribution is 5.47. The molecule has 14 N–H and O–H groups in total. The predicted molar refractivity (Wildman–Crippen MR) is 253 cm³/mol. The third-order valence-corrected chi connectivity index (χ3v) is 20.4. The zero-order valence-electron chi connectivity index (χ0n) is 43.3. The number of fused-ring (bicyclic) bond motifs is 6. The Labute approximate surface area is 431 Å². The van der Waals surface area contributed by atoms with Crippen molar-refractivity contribution >= 4 is 0 Å². The van der Waals surface area contributed by atoms with Gasteiger partial charge in [-0.1, -0.05) is 59.3 Å². The van der Waals surface area contributed by atoms with Gasteiger partial charge in [0.05, 0.1) is 51.8 Å². The number of aliphatic hydroxyl groups is 14. The van der Waals surface area contributed by atoms with Crippen LogP contribution >= 0.6 is 0 Å². The number of ether oxygens (including phenoxy) is 8. The van der Waals surface area contributed by atoms with E-state index in [1.807, 2.05) is 6.92 Å². The maximum Gasteiger partial charge on any atom is 0.187 e. The molecule has 0 radical (unpaired) electrons. The van der Waals surface area contributed by atoms with Crippen LogP contribution in [0.5, 0.6) is 0 Å². The van der Waals surface area contributed by atoms with Crippen molar-refractivity contribution in [3.63, 3.8) is 0 Å². The first-order valence-corrected chi connectivity index (χ1v) is 26.6. The average molecular weight is 1060 g/mol. The van der Waals surface area contributed by atoms with Gasteiger partial charge in [-0.25, -0.2) is 0 Å². The van der Waals surface area contributed by atoms with Crippen LogP contribution in [0.25, 0.3) is 0 Å². The van der Waals surface area contributed by atoms with Crippen LogP contribution in [0.4, 0.5) is 0 Å². The third kappa shape index (κ3) is 9.12. The molecule has 22 nitrogen and oxygen atoms in total. The number of hydrogen-bond donors (Lipinski definition) is 14. The largest absolute Gasteiger partial charge is 0.396 e. The molecule has 22 heteroatoms. The van der Waals surface area contributed by atoms with Crippen LogP contribution in [0.1, 0.15) is 92.9 Å². The highest BCUT2D eigenvalue weighted by Gasteiger charge is 2.69. The molecule has 27 unspecified atom stereocenters. The van der Waals surface area contributed by atoms with Crippen molar-refractivity contribution < 1.29 is 109 Å². The maximum absolute atomic E-state index is 12.3. The fourth-order valence-electron chi connectivity index (χ4n) is 15.4. The van der Waals surface area contributed by atoms with Gasteiger partial charge in [-0.3, -0.25) is 0 Å². The zero-order chi connectivity index (χ0) is 53.8. The first-order valence-electron chi connectivity index (χ1n) is 26.6. The Balaban J connectivity index is 0.995. The highest BCUT2D eigenvalue weighted by Crippen LogP contribution is 2.74. The van der Waals surface area contributed by atoms with Crippen molar-refractivity contribution in [1.29, 1.82) is 0 Å². The Morgan fingerprint density at radius 1 is 0.581 bits per heavy atom. The van der Waals surface area contributed by atoms with Gasteiger partial charge in [-0.2, -0.15) is 0 Å². The molecule has 0 amide bonds. The molecule has 7 fully saturated rings. The smallest absolute Gasteiger partial charge is 0.187 e. The molecule has 74 heavy (non-hydrogen) atoms. The van der Waals surface area contributed by atoms with Crippen LogP contribution < -0.4 is 0 Å². The molecule has 9 aliphatic rings. The second kappa shape index (κ2) is 20.9. The predicted octanol–water partition coefficient (Wildman–Crippen LogP) is -2.42. The second-order valence-electron chi connectivity index (χ2n) is 25.0. The molecule has 9 rings (SSSR count). The molecule has 4 heterocycles. The lowest BCUT2D eigenvalue weighted by atomic mass is 9.35. The molecular formula is C52H84O22. The van der Waals surface area contributed by atoms with E-state index in [0.29, 0.717) is 32.1 Å². The van der Waals surface area contributed by atoms with Crippen molar-refractivity contribution in [3.05, 3.63) is 23.3 Å². The first kappa shape index (κ1) is 57.3. The number of hydrogen-bond acceptors (Lipinski definition) is 22. The molecule has 4 aliphatic heterocycles. The van der Waals surface area contributed by atoms with Crippen LogP contribution in [0.15, 0.2) is 23.3 Å². The van der Waals surface area contributed by atoms with E-state index in [2.05, 4.69) is 46.8 Å². The van der Waals surface area contributed by atoms with Gasteiger partial charge >= 0.3 is 0 Å². The van der Waals surface area contributed by atoms with Crippen LogP contribution in [-0.2, 0) is 37.9 Å². The molecule has 27 atom stereocenters. The highest BCUT2D eigenvalue weighted by atomic mass is 16.8. The minimum absolute atomic E-state index is 0.00812. The summed E-state index contributed by atoms with van der Waals surface area (Å²) in [5.74, 6) is -0.122. The van der Waals surface area contributed by atoms with Gasteiger partial charge in [0.25, 0.3) is 0 Å². The summed E-state index contributed by atoms with van der Waals surface area (Å²) >= 11 is 0. The van der Waals surface area contributed by atoms with Gasteiger partial charge < -0.3 is 109 Å². The molecule has 424 valence electrons. The minimum Gasteiger partial charge on any atom is -0.396 e. The van der Waals surface area contributed by atoms with E-state index in [0.717, 1.165) is 19.3 Å². The summed E-state index contributed by atoms with van der Waals surface area (Å²) in [5, 5.41) is 153. The molecule has 0 spiro atoms. The Bertz CT molecular complexity index is 2040. The van der Waals surface area contributed by atoms with Gasteiger partial charge in [0.1, 0.15) is 85.5 Å². The first-order chi connectivity index (χ1) is 34.8. The van der Waals surface area contributed by atoms with Crippen molar-refractivity contribution in [2.75, 3.05) is 39.6 Å². The molecule has 3 saturated carbocycles. The lowest BCUT2D eigenvalue weighted by Gasteiger charge is -2.70. The van der Waals surface area contributed by atoms with Gasteiger partial charge in [-0.15, -0.1) is 0 Å². The Hall–Kier alpha value is -1.40. The third-order valence-electron chi connectivity index (χ3n) is 20.4. The summed E-state index contributed by atoms with van der Waals surface area (Å²) in [6.07, 6.45) is -22.0. The SMILES string of the molecule is CC1(C)CCC2(CO)C(=C3C=CC4C5(C)CCC(OC6OCC(OC7OC(CO)C(O)C(O)C7OC7OCC(O)C(O)C7O)C(O)C6OC6OC(CO)C(O)C(O)C6O)C(C)(CO)C5CCC4(C)C3(C)CC2O)C1. The van der Waals surface area contributed by atoms with Crippen LogP contribution in [0.2, 0.25) is 0 Å². The van der Waals surface area contributed by atoms with Crippen LogP contribution in [-0.4, -0.2) is 234 Å². The quantitative estimate of drug-likeness (QED) is 0.0905. The van der Waals surface area contributed by atoms with Gasteiger partial charge in [0.2, 0.25) is 0 Å². The number of allylic oxidation sites excluding steroid dienone is 3. The van der Waals surface area contributed by atoms with Crippen molar-refractivity contribution in [3.8, 4) is 0 Å².